The molecule has 3 aromatic rings. The van der Waals surface area contributed by atoms with E-state index in [2.05, 4.69) is 40.2 Å². The highest BCUT2D eigenvalue weighted by molar-refractivity contribution is 9.10. The molecule has 3 aromatic carbocycles. The molecule has 1 unspecified atom stereocenters. The molecular weight excluding hydrogens is 364 g/mol. The van der Waals surface area contributed by atoms with Crippen molar-refractivity contribution in [1.29, 1.82) is 0 Å². The molecule has 0 saturated heterocycles. The molecule has 2 nitrogen and oxygen atoms in total. The van der Waals surface area contributed by atoms with E-state index in [1.165, 1.54) is 10.8 Å². The van der Waals surface area contributed by atoms with Gasteiger partial charge >= 0.3 is 0 Å². The van der Waals surface area contributed by atoms with E-state index in [-0.39, 0.29) is 0 Å². The van der Waals surface area contributed by atoms with E-state index in [0.717, 1.165) is 27.1 Å². The van der Waals surface area contributed by atoms with Gasteiger partial charge in [-0.2, -0.15) is 0 Å². The van der Waals surface area contributed by atoms with E-state index in [1.54, 1.807) is 0 Å². The molecule has 0 fully saturated rings. The molecule has 1 spiro atoms. The highest BCUT2D eigenvalue weighted by Gasteiger charge is 2.35. The number of rotatable bonds is 0. The summed E-state index contributed by atoms with van der Waals surface area (Å²) in [5.74, 6) is 0.770. The summed E-state index contributed by atoms with van der Waals surface area (Å²) >= 11 is 3.49. The Bertz CT molecular complexity index is 1040. The lowest BCUT2D eigenvalue weighted by atomic mass is 9.98. The molecule has 2 aliphatic rings. The second-order valence-corrected chi connectivity index (χ2v) is 6.89. The number of hydrogen-bond acceptors (Lipinski definition) is 2. The van der Waals surface area contributed by atoms with Crippen LogP contribution in [0.25, 0.3) is 22.9 Å². The fraction of sp³-hybridized carbons (Fsp3) is 0.0476. The van der Waals surface area contributed by atoms with E-state index < -0.39 is 5.79 Å². The predicted octanol–water partition coefficient (Wildman–Crippen LogP) is 5.81. The van der Waals surface area contributed by atoms with Crippen molar-refractivity contribution < 1.29 is 9.47 Å². The van der Waals surface area contributed by atoms with Gasteiger partial charge in [0.05, 0.1) is 0 Å². The Kier molecular flexibility index (Phi) is 2.88. The summed E-state index contributed by atoms with van der Waals surface area (Å²) in [7, 11) is 0. The molecule has 0 bridgehead atoms. The van der Waals surface area contributed by atoms with Crippen molar-refractivity contribution >= 4 is 38.9 Å². The maximum atomic E-state index is 6.25. The first-order chi connectivity index (χ1) is 11.7. The molecule has 1 atom stereocenters. The molecule has 2 heterocycles. The molecule has 3 heteroatoms. The van der Waals surface area contributed by atoms with Crippen molar-refractivity contribution in [2.45, 2.75) is 5.79 Å². The Hall–Kier alpha value is -2.52. The van der Waals surface area contributed by atoms with Gasteiger partial charge in [0, 0.05) is 27.8 Å². The summed E-state index contributed by atoms with van der Waals surface area (Å²) in [5, 5.41) is 2.39. The van der Waals surface area contributed by atoms with E-state index in [1.807, 2.05) is 54.6 Å². The lowest BCUT2D eigenvalue weighted by Crippen LogP contribution is -2.41. The minimum Gasteiger partial charge on any atom is -0.445 e. The summed E-state index contributed by atoms with van der Waals surface area (Å²) in [6.07, 6.45) is 8.06. The standard InChI is InChI=1S/C21H13BrO2/c22-16-6-8-19-15(13-16)9-11-21(23-19)12-10-18-17-4-2-1-3-14(17)5-7-20(18)24-21/h1-13H. The van der Waals surface area contributed by atoms with Gasteiger partial charge in [-0.25, -0.2) is 0 Å². The van der Waals surface area contributed by atoms with Gasteiger partial charge in [-0.15, -0.1) is 0 Å². The summed E-state index contributed by atoms with van der Waals surface area (Å²) in [4.78, 5) is 0. The fourth-order valence-corrected chi connectivity index (χ4v) is 3.62. The Morgan fingerprint density at radius 1 is 0.792 bits per heavy atom. The first-order valence-electron chi connectivity index (χ1n) is 7.80. The second-order valence-electron chi connectivity index (χ2n) is 5.97. The van der Waals surface area contributed by atoms with Crippen LogP contribution in [0.5, 0.6) is 11.5 Å². The Labute approximate surface area is 148 Å². The monoisotopic (exact) mass is 376 g/mol. The fourth-order valence-electron chi connectivity index (χ4n) is 3.24. The highest BCUT2D eigenvalue weighted by atomic mass is 79.9. The minimum atomic E-state index is -0.879. The highest BCUT2D eigenvalue weighted by Crippen LogP contribution is 2.41. The number of benzene rings is 3. The molecule has 0 N–H and O–H groups in total. The average molecular weight is 377 g/mol. The SMILES string of the molecule is Brc1ccc2c(c1)C=CC1(C=Cc3c(ccc4ccccc34)O1)O2. The summed E-state index contributed by atoms with van der Waals surface area (Å²) < 4.78 is 13.4. The van der Waals surface area contributed by atoms with Crippen LogP contribution in [0.1, 0.15) is 11.1 Å². The van der Waals surface area contributed by atoms with E-state index >= 15 is 0 Å². The van der Waals surface area contributed by atoms with Crippen LogP contribution < -0.4 is 9.47 Å². The molecule has 0 saturated carbocycles. The topological polar surface area (TPSA) is 18.5 Å². The molecule has 116 valence electrons. The third kappa shape index (κ3) is 2.09. The zero-order chi connectivity index (χ0) is 16.1. The minimum absolute atomic E-state index is 0.814. The predicted molar refractivity (Wildman–Crippen MR) is 100 cm³/mol. The lowest BCUT2D eigenvalue weighted by Gasteiger charge is -2.35. The van der Waals surface area contributed by atoms with Crippen LogP contribution in [0.4, 0.5) is 0 Å². The van der Waals surface area contributed by atoms with Gasteiger partial charge < -0.3 is 9.47 Å². The quantitative estimate of drug-likeness (QED) is 0.492. The first-order valence-corrected chi connectivity index (χ1v) is 8.60. The summed E-state index contributed by atoms with van der Waals surface area (Å²) in [6, 6.07) is 18.4. The Morgan fingerprint density at radius 2 is 1.58 bits per heavy atom. The van der Waals surface area contributed by atoms with E-state index in [9.17, 15) is 0 Å². The first kappa shape index (κ1) is 13.9. The van der Waals surface area contributed by atoms with Gasteiger partial charge in [-0.1, -0.05) is 46.3 Å². The van der Waals surface area contributed by atoms with Gasteiger partial charge in [-0.3, -0.25) is 0 Å². The van der Waals surface area contributed by atoms with Gasteiger partial charge in [0.15, 0.2) is 0 Å². The summed E-state index contributed by atoms with van der Waals surface area (Å²) in [5.41, 5.74) is 2.13. The Morgan fingerprint density at radius 3 is 2.54 bits per heavy atom. The third-order valence-electron chi connectivity index (χ3n) is 4.42. The molecule has 0 radical (unpaired) electrons. The van der Waals surface area contributed by atoms with Crippen LogP contribution in [0.15, 0.2) is 71.2 Å². The number of hydrogen-bond donors (Lipinski definition) is 0. The molecule has 2 aliphatic heterocycles. The van der Waals surface area contributed by atoms with Crippen LogP contribution >= 0.6 is 15.9 Å². The molecular formula is C21H13BrO2. The Balaban J connectivity index is 1.60. The molecule has 0 aliphatic carbocycles. The molecule has 24 heavy (non-hydrogen) atoms. The molecule has 0 aromatic heterocycles. The summed E-state index contributed by atoms with van der Waals surface area (Å²) in [6.45, 7) is 0. The van der Waals surface area contributed by atoms with Crippen molar-refractivity contribution in [3.63, 3.8) is 0 Å². The van der Waals surface area contributed by atoms with Crippen LogP contribution in [-0.4, -0.2) is 5.79 Å². The zero-order valence-corrected chi connectivity index (χ0v) is 14.3. The van der Waals surface area contributed by atoms with Crippen molar-refractivity contribution in [2.75, 3.05) is 0 Å². The van der Waals surface area contributed by atoms with E-state index in [0.29, 0.717) is 0 Å². The van der Waals surface area contributed by atoms with E-state index in [4.69, 9.17) is 9.47 Å². The number of fused-ring (bicyclic) bond motifs is 4. The third-order valence-corrected chi connectivity index (χ3v) is 4.91. The van der Waals surface area contributed by atoms with Crippen LogP contribution in [0, 0.1) is 0 Å². The van der Waals surface area contributed by atoms with Gasteiger partial charge in [0.25, 0.3) is 5.79 Å². The second kappa shape index (κ2) is 4.99. The van der Waals surface area contributed by atoms with Crippen LogP contribution in [0.3, 0.4) is 0 Å². The number of halogens is 1. The van der Waals surface area contributed by atoms with Crippen LogP contribution in [-0.2, 0) is 0 Å². The maximum Gasteiger partial charge on any atom is 0.291 e. The average Bonchev–Trinajstić information content (AvgIpc) is 2.62. The lowest BCUT2D eigenvalue weighted by molar-refractivity contribution is -0.0306. The maximum absolute atomic E-state index is 6.25. The van der Waals surface area contributed by atoms with Crippen molar-refractivity contribution in [2.24, 2.45) is 0 Å². The normalized spacial score (nSPS) is 20.4. The molecule has 0 amide bonds. The van der Waals surface area contributed by atoms with Gasteiger partial charge in [0.1, 0.15) is 11.5 Å². The zero-order valence-electron chi connectivity index (χ0n) is 12.7. The smallest absolute Gasteiger partial charge is 0.291 e. The van der Waals surface area contributed by atoms with Gasteiger partial charge in [-0.05, 0) is 47.2 Å². The van der Waals surface area contributed by atoms with Crippen LogP contribution in [0.2, 0.25) is 0 Å². The van der Waals surface area contributed by atoms with Crippen molar-refractivity contribution in [1.82, 2.24) is 0 Å². The number of ether oxygens (including phenoxy) is 2. The molecule has 5 rings (SSSR count). The van der Waals surface area contributed by atoms with Crippen molar-refractivity contribution in [3.8, 4) is 11.5 Å². The van der Waals surface area contributed by atoms with Crippen molar-refractivity contribution in [3.05, 3.63) is 82.3 Å². The van der Waals surface area contributed by atoms with Gasteiger partial charge in [0.2, 0.25) is 0 Å². The largest absolute Gasteiger partial charge is 0.445 e.